The fraction of sp³-hybridized carbons (Fsp3) is 0.154. The molecule has 1 radical (unpaired) electrons. The fourth-order valence-corrected chi connectivity index (χ4v) is 0.527. The predicted octanol–water partition coefficient (Wildman–Crippen LogP) is 2.87. The minimum atomic E-state index is -0.891. The number of carboxylic acid groups (broad SMARTS) is 2. The van der Waals surface area contributed by atoms with Crippen molar-refractivity contribution in [2.45, 2.75) is 13.8 Å². The van der Waals surface area contributed by atoms with E-state index in [4.69, 9.17) is 15.0 Å². The Bertz CT molecular complexity index is 279. The van der Waals surface area contributed by atoms with Gasteiger partial charge in [-0.15, -0.1) is 0 Å². The van der Waals surface area contributed by atoms with Crippen LogP contribution in [0.4, 0.5) is 0 Å². The topological polar surface area (TPSA) is 74.6 Å². The summed E-state index contributed by atoms with van der Waals surface area (Å²) in [5.74, 6) is -1.72. The summed E-state index contributed by atoms with van der Waals surface area (Å²) in [5.41, 5.74) is 0. The van der Waals surface area contributed by atoms with Crippen LogP contribution in [-0.4, -0.2) is 22.2 Å². The summed E-state index contributed by atoms with van der Waals surface area (Å²) >= 11 is 0. The largest absolute Gasteiger partial charge is 0.481 e. The monoisotopic (exact) mass is 290 g/mol. The third-order valence-electron chi connectivity index (χ3n) is 0.976. The second-order valence-corrected chi connectivity index (χ2v) is 2.51. The molecule has 0 saturated carbocycles. The number of allylic oxidation sites excluding steroid dienone is 1. The minimum absolute atomic E-state index is 0. The number of carbonyl (C=O) groups is 2. The zero-order valence-corrected chi connectivity index (χ0v) is 12.2. The Morgan fingerprint density at radius 2 is 1.17 bits per heavy atom. The first-order chi connectivity index (χ1) is 7.50. The quantitative estimate of drug-likeness (QED) is 0.616. The van der Waals surface area contributed by atoms with Crippen molar-refractivity contribution in [3.63, 3.8) is 0 Å². The molecule has 0 unspecified atom stereocenters. The SMILES string of the molecule is CC(=O)O.CC=CC(=O)O.[CH3-].[V].c1ccccc1. The number of carboxylic acids is 2. The second kappa shape index (κ2) is 20.8. The molecule has 18 heavy (non-hydrogen) atoms. The molecule has 0 heterocycles. The van der Waals surface area contributed by atoms with Crippen LogP contribution in [0, 0.1) is 7.43 Å². The Morgan fingerprint density at radius 3 is 1.22 bits per heavy atom. The van der Waals surface area contributed by atoms with Crippen LogP contribution in [0.5, 0.6) is 0 Å². The molecule has 0 amide bonds. The van der Waals surface area contributed by atoms with Crippen LogP contribution < -0.4 is 0 Å². The number of aliphatic carboxylic acids is 2. The first-order valence-electron chi connectivity index (χ1n) is 4.55. The van der Waals surface area contributed by atoms with Gasteiger partial charge in [-0.3, -0.25) is 4.79 Å². The van der Waals surface area contributed by atoms with E-state index >= 15 is 0 Å². The molecule has 0 aromatic heterocycles. The van der Waals surface area contributed by atoms with Crippen molar-refractivity contribution in [2.75, 3.05) is 0 Å². The van der Waals surface area contributed by atoms with Crippen LogP contribution in [0.3, 0.4) is 0 Å². The summed E-state index contributed by atoms with van der Waals surface area (Å²) < 4.78 is 0. The van der Waals surface area contributed by atoms with Crippen molar-refractivity contribution in [1.82, 2.24) is 0 Å². The summed E-state index contributed by atoms with van der Waals surface area (Å²) in [6, 6.07) is 12.0. The molecule has 0 aliphatic heterocycles. The van der Waals surface area contributed by atoms with E-state index in [-0.39, 0.29) is 26.0 Å². The van der Waals surface area contributed by atoms with E-state index in [2.05, 4.69) is 0 Å². The smallest absolute Gasteiger partial charge is 0.327 e. The van der Waals surface area contributed by atoms with E-state index in [0.29, 0.717) is 0 Å². The first kappa shape index (κ1) is 25.4. The summed E-state index contributed by atoms with van der Waals surface area (Å²) in [5, 5.41) is 15.2. The van der Waals surface area contributed by atoms with Crippen molar-refractivity contribution >= 4 is 11.9 Å². The minimum Gasteiger partial charge on any atom is -0.481 e. The van der Waals surface area contributed by atoms with E-state index in [1.54, 1.807) is 6.92 Å². The van der Waals surface area contributed by atoms with E-state index < -0.39 is 11.9 Å². The molecule has 4 nitrogen and oxygen atoms in total. The summed E-state index contributed by atoms with van der Waals surface area (Å²) in [4.78, 5) is 18.5. The molecule has 2 N–H and O–H groups in total. The van der Waals surface area contributed by atoms with E-state index in [1.807, 2.05) is 36.4 Å². The van der Waals surface area contributed by atoms with Gasteiger partial charge in [-0.1, -0.05) is 42.5 Å². The van der Waals surface area contributed by atoms with Crippen LogP contribution >= 0.6 is 0 Å². The predicted molar refractivity (Wildman–Crippen MR) is 68.6 cm³/mol. The average Bonchev–Trinajstić information content (AvgIpc) is 2.20. The molecule has 0 fully saturated rings. The van der Waals surface area contributed by atoms with Crippen LogP contribution in [-0.2, 0) is 28.1 Å². The maximum absolute atomic E-state index is 9.51. The number of benzene rings is 1. The van der Waals surface area contributed by atoms with Gasteiger partial charge in [0.15, 0.2) is 0 Å². The van der Waals surface area contributed by atoms with Crippen molar-refractivity contribution in [3.05, 3.63) is 56.0 Å². The standard InChI is InChI=1S/C6H6.C4H6O2.C2H4O2.CH3.V/c1-2-4-6-5-3-1;1-2-3-4(5)6;1-2(3)4;;/h1-6H;2-3H,1H3,(H,5,6);1H3,(H,3,4);1H3;/q;;;-1;. The van der Waals surface area contributed by atoms with E-state index in [9.17, 15) is 4.79 Å². The molecular weight excluding hydrogens is 271 g/mol. The normalized spacial score (nSPS) is 7.22. The van der Waals surface area contributed by atoms with Crippen molar-refractivity contribution < 1.29 is 38.4 Å². The van der Waals surface area contributed by atoms with Gasteiger partial charge in [-0.2, -0.15) is 0 Å². The molecule has 0 aliphatic carbocycles. The third-order valence-corrected chi connectivity index (χ3v) is 0.976. The Morgan fingerprint density at radius 1 is 0.944 bits per heavy atom. The Hall–Kier alpha value is -1.52. The summed E-state index contributed by atoms with van der Waals surface area (Å²) in [7, 11) is 0. The van der Waals surface area contributed by atoms with Gasteiger partial charge >= 0.3 is 5.97 Å². The van der Waals surface area contributed by atoms with Gasteiger partial charge in [0, 0.05) is 31.6 Å². The van der Waals surface area contributed by atoms with E-state index in [1.165, 1.54) is 6.08 Å². The van der Waals surface area contributed by atoms with Gasteiger partial charge in [-0.25, -0.2) is 4.79 Å². The first-order valence-corrected chi connectivity index (χ1v) is 4.55. The number of hydrogen-bond acceptors (Lipinski definition) is 2. The maximum atomic E-state index is 9.51. The zero-order chi connectivity index (χ0) is 12.8. The van der Waals surface area contributed by atoms with Gasteiger partial charge in [0.05, 0.1) is 0 Å². The van der Waals surface area contributed by atoms with Crippen LogP contribution in [0.1, 0.15) is 13.8 Å². The van der Waals surface area contributed by atoms with Gasteiger partial charge in [-0.05, 0) is 6.92 Å². The Kier molecular flexibility index (Phi) is 29.4. The van der Waals surface area contributed by atoms with Crippen molar-refractivity contribution in [1.29, 1.82) is 0 Å². The van der Waals surface area contributed by atoms with Crippen LogP contribution in [0.15, 0.2) is 48.6 Å². The molecule has 0 atom stereocenters. The van der Waals surface area contributed by atoms with Gasteiger partial charge in [0.1, 0.15) is 0 Å². The molecule has 5 heteroatoms. The molecule has 1 aromatic carbocycles. The summed E-state index contributed by atoms with van der Waals surface area (Å²) in [6.45, 7) is 2.74. The summed E-state index contributed by atoms with van der Waals surface area (Å²) in [6.07, 6.45) is 2.56. The van der Waals surface area contributed by atoms with Crippen LogP contribution in [0.2, 0.25) is 0 Å². The van der Waals surface area contributed by atoms with Gasteiger partial charge in [0.2, 0.25) is 0 Å². The molecule has 0 spiro atoms. The maximum Gasteiger partial charge on any atom is 0.327 e. The Balaban J connectivity index is -0.0000000792. The average molecular weight is 290 g/mol. The van der Waals surface area contributed by atoms with Gasteiger partial charge < -0.3 is 17.6 Å². The molecule has 0 saturated heterocycles. The van der Waals surface area contributed by atoms with E-state index in [0.717, 1.165) is 13.0 Å². The van der Waals surface area contributed by atoms with Crippen molar-refractivity contribution in [2.24, 2.45) is 0 Å². The molecule has 0 aliphatic rings. The third kappa shape index (κ3) is 47.0. The molecule has 101 valence electrons. The number of rotatable bonds is 1. The van der Waals surface area contributed by atoms with Crippen LogP contribution in [0.25, 0.3) is 0 Å². The molecule has 0 bridgehead atoms. The zero-order valence-electron chi connectivity index (χ0n) is 10.8. The second-order valence-electron chi connectivity index (χ2n) is 2.51. The molecule has 1 rings (SSSR count). The number of hydrogen-bond donors (Lipinski definition) is 2. The molecule has 1 aromatic rings. The van der Waals surface area contributed by atoms with Crippen molar-refractivity contribution in [3.8, 4) is 0 Å². The van der Waals surface area contributed by atoms with Gasteiger partial charge in [0.25, 0.3) is 5.97 Å². The Labute approximate surface area is 120 Å². The fourth-order valence-electron chi connectivity index (χ4n) is 0.527. The molecular formula is C13H19O4V-.